The van der Waals surface area contributed by atoms with E-state index in [0.717, 1.165) is 5.75 Å². The zero-order valence-corrected chi connectivity index (χ0v) is 12.2. The molecule has 0 radical (unpaired) electrons. The van der Waals surface area contributed by atoms with Gasteiger partial charge in [0.25, 0.3) is 0 Å². The Kier molecular flexibility index (Phi) is 5.36. The first kappa shape index (κ1) is 15.5. The molecule has 106 valence electrons. The molecule has 3 N–H and O–H groups in total. The molecule has 0 aliphatic heterocycles. The highest BCUT2D eigenvalue weighted by Gasteiger charge is 2.13. The van der Waals surface area contributed by atoms with Crippen LogP contribution < -0.4 is 16.0 Å². The van der Waals surface area contributed by atoms with E-state index >= 15 is 0 Å². The van der Waals surface area contributed by atoms with Crippen LogP contribution in [-0.4, -0.2) is 12.0 Å². The number of benzene rings is 1. The maximum absolute atomic E-state index is 11.0. The Morgan fingerprint density at radius 1 is 1.32 bits per heavy atom. The molecule has 1 rings (SSSR count). The lowest BCUT2D eigenvalue weighted by molar-refractivity contribution is -0.121. The molecule has 1 unspecified atom stereocenters. The Morgan fingerprint density at radius 3 is 2.37 bits per heavy atom. The Bertz CT molecular complexity index is 407. The van der Waals surface area contributed by atoms with Crippen molar-refractivity contribution in [1.82, 2.24) is 5.43 Å². The summed E-state index contributed by atoms with van der Waals surface area (Å²) in [5.41, 5.74) is 3.53. The molecule has 4 nitrogen and oxygen atoms in total. The van der Waals surface area contributed by atoms with Crippen molar-refractivity contribution >= 4 is 5.91 Å². The van der Waals surface area contributed by atoms with Gasteiger partial charge in [0.05, 0.1) is 6.10 Å². The minimum absolute atomic E-state index is 0.0159. The van der Waals surface area contributed by atoms with E-state index in [1.807, 2.05) is 19.1 Å². The third-order valence-electron chi connectivity index (χ3n) is 3.00. The van der Waals surface area contributed by atoms with Crippen molar-refractivity contribution in [2.45, 2.75) is 52.1 Å². The number of hydrazine groups is 1. The first-order chi connectivity index (χ1) is 8.82. The monoisotopic (exact) mass is 264 g/mol. The minimum atomic E-state index is -0.168. The van der Waals surface area contributed by atoms with Crippen LogP contribution in [0.15, 0.2) is 24.3 Å². The molecule has 0 saturated carbocycles. The summed E-state index contributed by atoms with van der Waals surface area (Å²) in [6, 6.07) is 8.10. The molecule has 0 aliphatic rings. The van der Waals surface area contributed by atoms with Crippen molar-refractivity contribution < 1.29 is 9.53 Å². The highest BCUT2D eigenvalue weighted by molar-refractivity contribution is 5.75. The van der Waals surface area contributed by atoms with Gasteiger partial charge in [-0.15, -0.1) is 0 Å². The van der Waals surface area contributed by atoms with Crippen LogP contribution in [-0.2, 0) is 10.2 Å². The van der Waals surface area contributed by atoms with Crippen molar-refractivity contribution in [1.29, 1.82) is 0 Å². The summed E-state index contributed by atoms with van der Waals surface area (Å²) in [5.74, 6) is 5.69. The van der Waals surface area contributed by atoms with Crippen LogP contribution in [0.3, 0.4) is 0 Å². The third kappa shape index (κ3) is 5.30. The van der Waals surface area contributed by atoms with Gasteiger partial charge in [0.1, 0.15) is 5.75 Å². The first-order valence-corrected chi connectivity index (χ1v) is 6.59. The van der Waals surface area contributed by atoms with Crippen molar-refractivity contribution in [3.05, 3.63) is 29.8 Å². The van der Waals surface area contributed by atoms with Gasteiger partial charge in [0.2, 0.25) is 5.91 Å². The molecule has 0 saturated heterocycles. The van der Waals surface area contributed by atoms with E-state index in [4.69, 9.17) is 10.6 Å². The summed E-state index contributed by atoms with van der Waals surface area (Å²) < 4.78 is 5.76. The van der Waals surface area contributed by atoms with Crippen LogP contribution in [0.25, 0.3) is 0 Å². The average molecular weight is 264 g/mol. The molecule has 19 heavy (non-hydrogen) atoms. The van der Waals surface area contributed by atoms with Gasteiger partial charge in [-0.2, -0.15) is 0 Å². The quantitative estimate of drug-likeness (QED) is 0.488. The Hall–Kier alpha value is -1.55. The van der Waals surface area contributed by atoms with Crippen molar-refractivity contribution in [2.24, 2.45) is 5.84 Å². The summed E-state index contributed by atoms with van der Waals surface area (Å²) in [6.07, 6.45) is 1.000. The number of hydrogen-bond acceptors (Lipinski definition) is 3. The van der Waals surface area contributed by atoms with Gasteiger partial charge >= 0.3 is 0 Å². The fraction of sp³-hybridized carbons (Fsp3) is 0.533. The summed E-state index contributed by atoms with van der Waals surface area (Å²) in [6.45, 7) is 8.48. The van der Waals surface area contributed by atoms with E-state index in [1.165, 1.54) is 5.56 Å². The van der Waals surface area contributed by atoms with Crippen molar-refractivity contribution in [3.63, 3.8) is 0 Å². The number of rotatable bonds is 5. The molecule has 1 aromatic carbocycles. The predicted molar refractivity (Wildman–Crippen MR) is 76.8 cm³/mol. The summed E-state index contributed by atoms with van der Waals surface area (Å²) in [4.78, 5) is 11.0. The number of carbonyl (C=O) groups excluding carboxylic acids is 1. The van der Waals surface area contributed by atoms with E-state index in [0.29, 0.717) is 12.8 Å². The molecule has 1 atom stereocenters. The number of amides is 1. The van der Waals surface area contributed by atoms with E-state index in [9.17, 15) is 4.79 Å². The first-order valence-electron chi connectivity index (χ1n) is 6.59. The van der Waals surface area contributed by atoms with Crippen LogP contribution in [0.1, 0.15) is 46.1 Å². The second-order valence-electron chi connectivity index (χ2n) is 5.81. The Balaban J connectivity index is 2.51. The molecule has 0 aliphatic carbocycles. The number of carbonyl (C=O) groups is 1. The maximum atomic E-state index is 11.0. The van der Waals surface area contributed by atoms with Gasteiger partial charge in [-0.05, 0) is 36.5 Å². The Morgan fingerprint density at radius 2 is 1.89 bits per heavy atom. The highest BCUT2D eigenvalue weighted by Crippen LogP contribution is 2.24. The molecule has 4 heteroatoms. The predicted octanol–water partition coefficient (Wildman–Crippen LogP) is 2.52. The fourth-order valence-electron chi connectivity index (χ4n) is 1.73. The van der Waals surface area contributed by atoms with Gasteiger partial charge in [-0.3, -0.25) is 10.2 Å². The average Bonchev–Trinajstić information content (AvgIpc) is 2.35. The Labute approximate surface area is 115 Å². The lowest BCUT2D eigenvalue weighted by Crippen LogP contribution is -2.30. The largest absolute Gasteiger partial charge is 0.491 e. The topological polar surface area (TPSA) is 64.4 Å². The molecule has 0 spiro atoms. The standard InChI is InChI=1S/C15H24N2O2/c1-11(5-10-14(18)17-16)19-13-8-6-12(7-9-13)15(2,3)4/h6-9,11H,5,10,16H2,1-4H3,(H,17,18). The van der Waals surface area contributed by atoms with Crippen LogP contribution in [0.4, 0.5) is 0 Å². The second-order valence-corrected chi connectivity index (χ2v) is 5.81. The molecule has 0 aromatic heterocycles. The van der Waals surface area contributed by atoms with E-state index < -0.39 is 0 Å². The maximum Gasteiger partial charge on any atom is 0.234 e. The fourth-order valence-corrected chi connectivity index (χ4v) is 1.73. The number of nitrogens with two attached hydrogens (primary N) is 1. The van der Waals surface area contributed by atoms with Gasteiger partial charge in [-0.25, -0.2) is 5.84 Å². The highest BCUT2D eigenvalue weighted by atomic mass is 16.5. The van der Waals surface area contributed by atoms with Crippen LogP contribution in [0.5, 0.6) is 5.75 Å². The molecule has 1 amide bonds. The SMILES string of the molecule is CC(CCC(=O)NN)Oc1ccc(C(C)(C)C)cc1. The van der Waals surface area contributed by atoms with Gasteiger partial charge < -0.3 is 4.74 Å². The summed E-state index contributed by atoms with van der Waals surface area (Å²) in [5, 5.41) is 0. The van der Waals surface area contributed by atoms with Gasteiger partial charge in [0.15, 0.2) is 0 Å². The van der Waals surface area contributed by atoms with Crippen molar-refractivity contribution in [2.75, 3.05) is 0 Å². The van der Waals surface area contributed by atoms with E-state index in [1.54, 1.807) is 0 Å². The minimum Gasteiger partial charge on any atom is -0.491 e. The zero-order chi connectivity index (χ0) is 14.5. The molecule has 0 fully saturated rings. The molecule has 0 heterocycles. The molecule has 1 aromatic rings. The number of hydrogen-bond donors (Lipinski definition) is 2. The molecule has 0 bridgehead atoms. The number of ether oxygens (including phenoxy) is 1. The second kappa shape index (κ2) is 6.57. The van der Waals surface area contributed by atoms with E-state index in [-0.39, 0.29) is 17.4 Å². The smallest absolute Gasteiger partial charge is 0.234 e. The molecular weight excluding hydrogens is 240 g/mol. The third-order valence-corrected chi connectivity index (χ3v) is 3.00. The normalized spacial score (nSPS) is 12.9. The van der Waals surface area contributed by atoms with Crippen LogP contribution in [0.2, 0.25) is 0 Å². The zero-order valence-electron chi connectivity index (χ0n) is 12.2. The summed E-state index contributed by atoms with van der Waals surface area (Å²) in [7, 11) is 0. The van der Waals surface area contributed by atoms with E-state index in [2.05, 4.69) is 38.3 Å². The molecular formula is C15H24N2O2. The van der Waals surface area contributed by atoms with Gasteiger partial charge in [0, 0.05) is 6.42 Å². The van der Waals surface area contributed by atoms with Gasteiger partial charge in [-0.1, -0.05) is 32.9 Å². The lowest BCUT2D eigenvalue weighted by Gasteiger charge is -2.20. The van der Waals surface area contributed by atoms with Crippen LogP contribution >= 0.6 is 0 Å². The summed E-state index contributed by atoms with van der Waals surface area (Å²) >= 11 is 0. The number of nitrogens with one attached hydrogen (secondary N) is 1. The lowest BCUT2D eigenvalue weighted by atomic mass is 9.87. The van der Waals surface area contributed by atoms with Crippen LogP contribution in [0, 0.1) is 0 Å². The van der Waals surface area contributed by atoms with Crippen molar-refractivity contribution in [3.8, 4) is 5.75 Å².